The van der Waals surface area contributed by atoms with Crippen molar-refractivity contribution in [2.75, 3.05) is 0 Å². The number of nitrogens with zero attached hydrogens (tertiary/aromatic N) is 3. The fourth-order valence-electron chi connectivity index (χ4n) is 3.42. The number of halogens is 2. The second kappa shape index (κ2) is 5.62. The minimum absolute atomic E-state index is 0.255. The lowest BCUT2D eigenvalue weighted by molar-refractivity contribution is 0.431. The van der Waals surface area contributed by atoms with Crippen molar-refractivity contribution in [1.82, 2.24) is 14.7 Å². The summed E-state index contributed by atoms with van der Waals surface area (Å²) in [6.07, 6.45) is 2.35. The van der Waals surface area contributed by atoms with Gasteiger partial charge in [-0.05, 0) is 29.8 Å². The quantitative estimate of drug-likeness (QED) is 0.484. The van der Waals surface area contributed by atoms with Crippen molar-refractivity contribution in [3.63, 3.8) is 0 Å². The molecule has 0 bridgehead atoms. The summed E-state index contributed by atoms with van der Waals surface area (Å²) in [6, 6.07) is 12.8. The van der Waals surface area contributed by atoms with Gasteiger partial charge < -0.3 is 9.09 Å². The van der Waals surface area contributed by atoms with Crippen LogP contribution in [0.2, 0.25) is 0 Å². The average Bonchev–Trinajstić information content (AvgIpc) is 3.28. The Kier molecular flexibility index (Phi) is 3.25. The number of hydrogen-bond acceptors (Lipinski definition) is 3. The minimum atomic E-state index is -0.324. The SMILES string of the molecule is Fc1cccc(Cc2cnc3n2Cc2c-3noc2-c2cccc(F)c2)c1. The number of hydrogen-bond donors (Lipinski definition) is 0. The maximum absolute atomic E-state index is 13.5. The molecular formula is C20H13F2N3O. The summed E-state index contributed by atoms with van der Waals surface area (Å²) in [5, 5.41) is 4.14. The van der Waals surface area contributed by atoms with Crippen molar-refractivity contribution in [3.05, 3.63) is 83.2 Å². The number of fused-ring (bicyclic) bond motifs is 3. The van der Waals surface area contributed by atoms with Gasteiger partial charge in [-0.2, -0.15) is 0 Å². The topological polar surface area (TPSA) is 43.9 Å². The molecular weight excluding hydrogens is 336 g/mol. The van der Waals surface area contributed by atoms with E-state index in [9.17, 15) is 8.78 Å². The standard InChI is InChI=1S/C20H13F2N3O/c21-14-5-1-3-12(7-14)8-16-10-23-20-18-17(11-25(16)20)19(26-24-18)13-4-2-6-15(22)9-13/h1-7,9-10H,8,11H2. The predicted octanol–water partition coefficient (Wildman–Crippen LogP) is 4.44. The van der Waals surface area contributed by atoms with Crippen molar-refractivity contribution in [3.8, 4) is 22.8 Å². The second-order valence-electron chi connectivity index (χ2n) is 6.32. The zero-order chi connectivity index (χ0) is 17.7. The third-order valence-corrected chi connectivity index (χ3v) is 4.62. The molecule has 0 aliphatic carbocycles. The molecule has 0 fully saturated rings. The van der Waals surface area contributed by atoms with Gasteiger partial charge in [-0.25, -0.2) is 13.8 Å². The van der Waals surface area contributed by atoms with E-state index in [4.69, 9.17) is 4.52 Å². The molecule has 3 heterocycles. The highest BCUT2D eigenvalue weighted by Gasteiger charge is 2.30. The van der Waals surface area contributed by atoms with Crippen LogP contribution in [0.25, 0.3) is 22.8 Å². The first kappa shape index (κ1) is 15.0. The van der Waals surface area contributed by atoms with Gasteiger partial charge in [0.05, 0.1) is 12.1 Å². The largest absolute Gasteiger partial charge is 0.355 e. The van der Waals surface area contributed by atoms with E-state index in [-0.39, 0.29) is 11.6 Å². The summed E-state index contributed by atoms with van der Waals surface area (Å²) < 4.78 is 34.5. The van der Waals surface area contributed by atoms with Crippen LogP contribution in [-0.4, -0.2) is 14.7 Å². The van der Waals surface area contributed by atoms with Gasteiger partial charge in [0.1, 0.15) is 11.6 Å². The van der Waals surface area contributed by atoms with Crippen LogP contribution in [0, 0.1) is 11.6 Å². The Morgan fingerprint density at radius 1 is 1.04 bits per heavy atom. The van der Waals surface area contributed by atoms with E-state index in [1.54, 1.807) is 24.4 Å². The molecule has 4 aromatic rings. The van der Waals surface area contributed by atoms with Crippen LogP contribution in [0.3, 0.4) is 0 Å². The molecule has 0 amide bonds. The number of benzene rings is 2. The van der Waals surface area contributed by atoms with Crippen molar-refractivity contribution in [1.29, 1.82) is 0 Å². The summed E-state index contributed by atoms with van der Waals surface area (Å²) in [6.45, 7) is 0.546. The molecule has 5 rings (SSSR count). The molecule has 4 nitrogen and oxygen atoms in total. The molecule has 26 heavy (non-hydrogen) atoms. The van der Waals surface area contributed by atoms with Gasteiger partial charge in [-0.15, -0.1) is 0 Å². The molecule has 0 saturated carbocycles. The first-order chi connectivity index (χ1) is 12.7. The van der Waals surface area contributed by atoms with E-state index in [0.29, 0.717) is 30.0 Å². The Labute approximate surface area is 147 Å². The highest BCUT2D eigenvalue weighted by atomic mass is 19.1. The van der Waals surface area contributed by atoms with Crippen LogP contribution in [-0.2, 0) is 13.0 Å². The third-order valence-electron chi connectivity index (χ3n) is 4.62. The highest BCUT2D eigenvalue weighted by Crippen LogP contribution is 2.38. The van der Waals surface area contributed by atoms with Gasteiger partial charge in [0, 0.05) is 23.9 Å². The van der Waals surface area contributed by atoms with Gasteiger partial charge in [0.15, 0.2) is 17.3 Å². The number of imidazole rings is 1. The average molecular weight is 349 g/mol. The zero-order valence-corrected chi connectivity index (χ0v) is 13.6. The van der Waals surface area contributed by atoms with E-state index >= 15 is 0 Å². The van der Waals surface area contributed by atoms with Crippen LogP contribution in [0.15, 0.2) is 59.3 Å². The van der Waals surface area contributed by atoms with Crippen LogP contribution in [0.1, 0.15) is 16.8 Å². The molecule has 2 aromatic carbocycles. The number of aromatic nitrogens is 3. The molecule has 1 aliphatic rings. The molecule has 1 aliphatic heterocycles. The predicted molar refractivity (Wildman–Crippen MR) is 91.4 cm³/mol. The van der Waals surface area contributed by atoms with E-state index in [2.05, 4.69) is 10.1 Å². The zero-order valence-electron chi connectivity index (χ0n) is 13.6. The molecule has 0 radical (unpaired) electrons. The van der Waals surface area contributed by atoms with E-state index < -0.39 is 0 Å². The normalized spacial score (nSPS) is 12.2. The maximum atomic E-state index is 13.5. The highest BCUT2D eigenvalue weighted by molar-refractivity contribution is 5.72. The van der Waals surface area contributed by atoms with E-state index in [0.717, 1.165) is 22.6 Å². The van der Waals surface area contributed by atoms with Crippen LogP contribution in [0.4, 0.5) is 8.78 Å². The second-order valence-corrected chi connectivity index (χ2v) is 6.32. The first-order valence-corrected chi connectivity index (χ1v) is 8.23. The summed E-state index contributed by atoms with van der Waals surface area (Å²) in [4.78, 5) is 4.45. The molecule has 0 spiro atoms. The molecule has 128 valence electrons. The van der Waals surface area contributed by atoms with Gasteiger partial charge in [-0.3, -0.25) is 0 Å². The van der Waals surface area contributed by atoms with Crippen molar-refractivity contribution in [2.24, 2.45) is 0 Å². The van der Waals surface area contributed by atoms with E-state index in [1.807, 2.05) is 10.6 Å². The Morgan fingerprint density at radius 3 is 2.65 bits per heavy atom. The van der Waals surface area contributed by atoms with Crippen LogP contribution < -0.4 is 0 Å². The molecule has 0 N–H and O–H groups in total. The maximum Gasteiger partial charge on any atom is 0.172 e. The lowest BCUT2D eigenvalue weighted by Gasteiger charge is -2.06. The lowest BCUT2D eigenvalue weighted by atomic mass is 10.1. The summed E-state index contributed by atoms with van der Waals surface area (Å²) in [7, 11) is 0. The number of rotatable bonds is 3. The van der Waals surface area contributed by atoms with Gasteiger partial charge >= 0.3 is 0 Å². The van der Waals surface area contributed by atoms with Crippen molar-refractivity contribution in [2.45, 2.75) is 13.0 Å². The summed E-state index contributed by atoms with van der Waals surface area (Å²) >= 11 is 0. The first-order valence-electron chi connectivity index (χ1n) is 8.23. The smallest absolute Gasteiger partial charge is 0.172 e. The van der Waals surface area contributed by atoms with Crippen LogP contribution in [0.5, 0.6) is 0 Å². The van der Waals surface area contributed by atoms with Crippen molar-refractivity contribution >= 4 is 0 Å². The molecule has 0 atom stereocenters. The summed E-state index contributed by atoms with van der Waals surface area (Å²) in [5.41, 5.74) is 4.06. The van der Waals surface area contributed by atoms with Crippen molar-refractivity contribution < 1.29 is 13.3 Å². The Hall–Kier alpha value is -3.28. The summed E-state index contributed by atoms with van der Waals surface area (Å²) in [5.74, 6) is 0.698. The Balaban J connectivity index is 1.51. The van der Waals surface area contributed by atoms with E-state index in [1.165, 1.54) is 24.3 Å². The lowest BCUT2D eigenvalue weighted by Crippen LogP contribution is -2.02. The third kappa shape index (κ3) is 2.34. The molecule has 2 aromatic heterocycles. The molecule has 6 heteroatoms. The van der Waals surface area contributed by atoms with Gasteiger partial charge in [-0.1, -0.05) is 29.4 Å². The minimum Gasteiger partial charge on any atom is -0.355 e. The fourth-order valence-corrected chi connectivity index (χ4v) is 3.42. The Bertz CT molecular complexity index is 1130. The van der Waals surface area contributed by atoms with Crippen LogP contribution >= 0.6 is 0 Å². The fraction of sp³-hybridized carbons (Fsp3) is 0.100. The molecule has 0 saturated heterocycles. The van der Waals surface area contributed by atoms with Gasteiger partial charge in [0.2, 0.25) is 0 Å². The Morgan fingerprint density at radius 2 is 1.85 bits per heavy atom. The monoisotopic (exact) mass is 349 g/mol. The molecule has 0 unspecified atom stereocenters. The van der Waals surface area contributed by atoms with Gasteiger partial charge in [0.25, 0.3) is 0 Å².